The first-order chi connectivity index (χ1) is 29.7. The van der Waals surface area contributed by atoms with Gasteiger partial charge >= 0.3 is 293 Å². The summed E-state index contributed by atoms with van der Waals surface area (Å²) >= 11 is -2.73. The normalized spacial score (nSPS) is 11.5. The van der Waals surface area contributed by atoms with Crippen LogP contribution in [-0.2, 0) is 20.1 Å². The van der Waals surface area contributed by atoms with E-state index in [0.717, 1.165) is 55.6 Å². The molecular weight excluding hydrogens is 995 g/mol. The second-order valence-electron chi connectivity index (χ2n) is 16.8. The molecule has 0 saturated carbocycles. The van der Waals surface area contributed by atoms with E-state index in [1.807, 2.05) is 60.7 Å². The van der Waals surface area contributed by atoms with Crippen LogP contribution in [0.4, 0.5) is 0 Å². The molecule has 0 saturated heterocycles. The molecule has 4 nitrogen and oxygen atoms in total. The Bertz CT molecular complexity index is 3030. The zero-order valence-corrected chi connectivity index (χ0v) is 40.5. The number of benzene rings is 7. The molecule has 62 heavy (non-hydrogen) atoms. The minimum Gasteiger partial charge on any atom is -0.305 e. The molecule has 3 heterocycles. The number of fused-ring (bicyclic) bond motifs is 4. The van der Waals surface area contributed by atoms with Gasteiger partial charge in [0, 0.05) is 26.3 Å². The zero-order valence-electron chi connectivity index (χ0n) is 36.0. The number of pyridine rings is 1. The third-order valence-corrected chi connectivity index (χ3v) is 19.2. The molecule has 1 radical (unpaired) electrons. The van der Waals surface area contributed by atoms with Crippen molar-refractivity contribution in [1.82, 2.24) is 14.5 Å². The van der Waals surface area contributed by atoms with Crippen molar-refractivity contribution in [3.8, 4) is 39.5 Å². The van der Waals surface area contributed by atoms with E-state index in [9.17, 15) is 0 Å². The van der Waals surface area contributed by atoms with E-state index in [-0.39, 0.29) is 20.1 Å². The van der Waals surface area contributed by atoms with Crippen molar-refractivity contribution in [3.63, 3.8) is 0 Å². The topological polar surface area (TPSA) is 43.9 Å². The number of rotatable bonds is 8. The largest absolute Gasteiger partial charge is 0.305 e. The molecule has 0 unspecified atom stereocenters. The maximum atomic E-state index is 6.55. The van der Waals surface area contributed by atoms with Gasteiger partial charge in [-0.05, 0) is 11.8 Å². The van der Waals surface area contributed by atoms with Crippen molar-refractivity contribution in [2.75, 3.05) is 0 Å². The maximum Gasteiger partial charge on any atom is 0.0160 e. The van der Waals surface area contributed by atoms with E-state index < -0.39 is 13.3 Å². The summed E-state index contributed by atoms with van der Waals surface area (Å²) in [5.74, 6) is 6.53. The fraction of sp³-hybridized carbons (Fsp3) is 0.143. The monoisotopic (exact) mass is 1050 g/mol. The summed E-state index contributed by atoms with van der Waals surface area (Å²) in [6.07, 6.45) is 1.79. The van der Waals surface area contributed by atoms with Crippen LogP contribution in [0.3, 0.4) is 0 Å². The first-order valence-corrected chi connectivity index (χ1v) is 27.5. The molecule has 0 bridgehead atoms. The predicted octanol–water partition coefficient (Wildman–Crippen LogP) is 13.7. The average molecular weight is 1040 g/mol. The van der Waals surface area contributed by atoms with Gasteiger partial charge in [0.2, 0.25) is 0 Å². The standard InChI is InChI=1S/C45H41GeN2O.C11H8N.Ir/c1-29(2)38-27-34(46(5,6)33-25-23-32(24-26-33)31-15-8-7-9-16-31)28-39(30(3)4)43(38)48-41-21-12-11-20-40(41)47-45(48)37-19-14-18-36-35-17-10-13-22-42(35)49-44(36)37;1-2-6-10(7-3-1)11-8-4-5-9-12-11;/h7-18,20-30H,1-6H3;1-6,8-9H;/q2*-1;. The smallest absolute Gasteiger partial charge is 0.0160 e. The van der Waals surface area contributed by atoms with E-state index in [1.54, 1.807) is 6.20 Å². The predicted molar refractivity (Wildman–Crippen MR) is 258 cm³/mol. The Morgan fingerprint density at radius 3 is 1.95 bits per heavy atom. The van der Waals surface area contributed by atoms with Crippen molar-refractivity contribution >= 4 is 55.0 Å². The molecule has 3 aromatic heterocycles. The number of aromatic nitrogens is 3. The van der Waals surface area contributed by atoms with Crippen molar-refractivity contribution in [2.24, 2.45) is 0 Å². The quantitative estimate of drug-likeness (QED) is 0.113. The number of imidazole rings is 1. The van der Waals surface area contributed by atoms with Gasteiger partial charge in [-0.25, -0.2) is 0 Å². The fourth-order valence-corrected chi connectivity index (χ4v) is 13.4. The van der Waals surface area contributed by atoms with Crippen LogP contribution in [-0.4, -0.2) is 27.8 Å². The molecule has 0 aliphatic rings. The van der Waals surface area contributed by atoms with Gasteiger partial charge in [-0.2, -0.15) is 0 Å². The Labute approximate surface area is 381 Å². The number of furan rings is 1. The number of hydrogen-bond acceptors (Lipinski definition) is 3. The Hall–Kier alpha value is -5.85. The van der Waals surface area contributed by atoms with Crippen LogP contribution in [0, 0.1) is 12.1 Å². The Morgan fingerprint density at radius 1 is 0.597 bits per heavy atom. The fourth-order valence-electron chi connectivity index (χ4n) is 8.41. The summed E-state index contributed by atoms with van der Waals surface area (Å²) in [5.41, 5.74) is 13.1. The van der Waals surface area contributed by atoms with Crippen molar-refractivity contribution in [1.29, 1.82) is 0 Å². The van der Waals surface area contributed by atoms with E-state index in [1.165, 1.54) is 36.7 Å². The summed E-state index contributed by atoms with van der Waals surface area (Å²) in [4.78, 5) is 9.53. The second kappa shape index (κ2) is 18.2. The van der Waals surface area contributed by atoms with Gasteiger partial charge in [0.05, 0.1) is 0 Å². The molecule has 0 aliphatic carbocycles. The molecule has 0 aliphatic heterocycles. The summed E-state index contributed by atoms with van der Waals surface area (Å²) in [6.45, 7) is 9.30. The zero-order chi connectivity index (χ0) is 42.1. The van der Waals surface area contributed by atoms with Crippen molar-refractivity contribution < 1.29 is 24.5 Å². The van der Waals surface area contributed by atoms with Crippen molar-refractivity contribution in [2.45, 2.75) is 51.0 Å². The van der Waals surface area contributed by atoms with Gasteiger partial charge in [-0.3, -0.25) is 0 Å². The molecule has 0 N–H and O–H groups in total. The van der Waals surface area contributed by atoms with Gasteiger partial charge in [0.15, 0.2) is 0 Å². The maximum absolute atomic E-state index is 6.55. The molecule has 0 atom stereocenters. The number of para-hydroxylation sites is 3. The minimum absolute atomic E-state index is 0. The van der Waals surface area contributed by atoms with Crippen LogP contribution >= 0.6 is 0 Å². The van der Waals surface area contributed by atoms with Crippen LogP contribution in [0.15, 0.2) is 180 Å². The summed E-state index contributed by atoms with van der Waals surface area (Å²) in [7, 11) is 0. The van der Waals surface area contributed by atoms with E-state index in [4.69, 9.17) is 9.40 Å². The second-order valence-corrected chi connectivity index (χ2v) is 26.1. The number of nitrogens with zero attached hydrogens (tertiary/aromatic N) is 3. The first kappa shape index (κ1) is 42.8. The van der Waals surface area contributed by atoms with Crippen LogP contribution in [0.2, 0.25) is 11.5 Å². The molecule has 0 spiro atoms. The van der Waals surface area contributed by atoms with Crippen LogP contribution in [0.1, 0.15) is 50.7 Å². The van der Waals surface area contributed by atoms with Crippen LogP contribution in [0.25, 0.3) is 72.4 Å². The third kappa shape index (κ3) is 8.25. The average Bonchev–Trinajstić information content (AvgIpc) is 3.88. The molecular formula is C56H49GeIrN3O-2. The Morgan fingerprint density at radius 2 is 1.26 bits per heavy atom. The number of hydrogen-bond donors (Lipinski definition) is 0. The summed E-state index contributed by atoms with van der Waals surface area (Å²) in [6, 6.07) is 66.3. The molecule has 10 aromatic rings. The van der Waals surface area contributed by atoms with Gasteiger partial charge in [-0.15, -0.1) is 35.9 Å². The molecule has 0 fully saturated rings. The van der Waals surface area contributed by atoms with Gasteiger partial charge in [-0.1, -0.05) is 12.1 Å². The molecule has 309 valence electrons. The van der Waals surface area contributed by atoms with E-state index in [0.29, 0.717) is 11.8 Å². The minimum atomic E-state index is -2.73. The van der Waals surface area contributed by atoms with E-state index in [2.05, 4.69) is 170 Å². The first-order valence-electron chi connectivity index (χ1n) is 21.2. The summed E-state index contributed by atoms with van der Waals surface area (Å²) < 4.78 is 11.9. The van der Waals surface area contributed by atoms with Gasteiger partial charge in [0.25, 0.3) is 0 Å². The molecule has 7 aromatic carbocycles. The molecule has 0 amide bonds. The Balaban J connectivity index is 0.000000350. The van der Waals surface area contributed by atoms with Crippen LogP contribution in [0.5, 0.6) is 0 Å². The Kier molecular flexibility index (Phi) is 12.6. The molecule has 10 rings (SSSR count). The van der Waals surface area contributed by atoms with Gasteiger partial charge in [0.1, 0.15) is 0 Å². The third-order valence-electron chi connectivity index (χ3n) is 11.8. The van der Waals surface area contributed by atoms with Gasteiger partial charge < -0.3 is 4.98 Å². The SMILES string of the molecule is CC(C)c1c[c]([Ge]([CH3])([CH3])[c]2ccc(-c3ccccc3)cc2)cc(C(C)C)c1-n1c(-c2[c-]ccc3c2oc2ccccc23)nc2ccccc21.[Ir].[c-]1ccccc1-c1ccccn1. The van der Waals surface area contributed by atoms with Crippen LogP contribution < -0.4 is 8.79 Å². The van der Waals surface area contributed by atoms with Crippen molar-refractivity contribution in [3.05, 3.63) is 199 Å². The molecule has 6 heteroatoms. The summed E-state index contributed by atoms with van der Waals surface area (Å²) in [5, 5.41) is 2.19. The van der Waals surface area contributed by atoms with E-state index >= 15 is 0 Å².